The van der Waals surface area contributed by atoms with E-state index in [1.807, 2.05) is 0 Å². The zero-order valence-corrected chi connectivity index (χ0v) is 10.4. The summed E-state index contributed by atoms with van der Waals surface area (Å²) < 4.78 is 47.2. The number of rotatable bonds is 3. The number of aliphatic carboxylic acids is 1. The number of hydrogen-bond acceptors (Lipinski definition) is 2. The van der Waals surface area contributed by atoms with Crippen LogP contribution in [0.4, 0.5) is 13.2 Å². The molecule has 1 aliphatic heterocycles. The third-order valence-corrected chi connectivity index (χ3v) is 3.22. The van der Waals surface area contributed by atoms with Crippen LogP contribution in [-0.4, -0.2) is 28.4 Å². The van der Waals surface area contributed by atoms with Crippen molar-refractivity contribution in [2.24, 2.45) is 5.92 Å². The standard InChI is InChI=1S/C13H12F3NO3.H2/c14-13(15,16)10-3-1-8(2-4-10)6-17-7-9(12(19)20)5-11(17)18;/h1-4,9H,5-7H2,(H,19,20);1H/i;1+2T. The molecule has 0 bridgehead atoms. The summed E-state index contributed by atoms with van der Waals surface area (Å²) in [6.07, 6.45) is -4.45. The van der Waals surface area contributed by atoms with Gasteiger partial charge in [-0.15, -0.1) is 0 Å². The summed E-state index contributed by atoms with van der Waals surface area (Å²) in [6, 6.07) is 4.49. The first-order valence-electron chi connectivity index (χ1n) is 6.94. The van der Waals surface area contributed by atoms with Gasteiger partial charge in [-0.25, -0.2) is 0 Å². The lowest BCUT2D eigenvalue weighted by Gasteiger charge is -2.16. The predicted octanol–water partition coefficient (Wildman–Crippen LogP) is 2.38. The average Bonchev–Trinajstić information content (AvgIpc) is 2.82. The molecule has 1 fully saturated rings. The molecule has 0 aromatic heterocycles. The van der Waals surface area contributed by atoms with Crippen LogP contribution in [0.25, 0.3) is 0 Å². The zero-order chi connectivity index (χ0) is 16.9. The maximum absolute atomic E-state index is 12.4. The van der Waals surface area contributed by atoms with E-state index in [1.165, 1.54) is 17.0 Å². The zero-order valence-electron chi connectivity index (χ0n) is 12.4. The van der Waals surface area contributed by atoms with Crippen LogP contribution in [0.15, 0.2) is 24.3 Å². The lowest BCUT2D eigenvalue weighted by atomic mass is 10.1. The number of alkyl halides is 3. The minimum atomic E-state index is -4.39. The molecule has 1 unspecified atom stereocenters. The van der Waals surface area contributed by atoms with Crippen molar-refractivity contribution in [2.45, 2.75) is 19.1 Å². The molecule has 20 heavy (non-hydrogen) atoms. The number of hydrogen-bond donors (Lipinski definition) is 1. The smallest absolute Gasteiger partial charge is 0.416 e. The normalized spacial score (nSPS) is 19.9. The van der Waals surface area contributed by atoms with Crippen LogP contribution in [0.3, 0.4) is 0 Å². The van der Waals surface area contributed by atoms with E-state index >= 15 is 0 Å². The van der Waals surface area contributed by atoms with E-state index in [0.29, 0.717) is 5.56 Å². The van der Waals surface area contributed by atoms with Crippen molar-refractivity contribution >= 4 is 11.9 Å². The number of halogens is 3. The molecule has 1 N–H and O–H groups in total. The second-order valence-electron chi connectivity index (χ2n) is 4.71. The predicted molar refractivity (Wildman–Crippen MR) is 64.7 cm³/mol. The summed E-state index contributed by atoms with van der Waals surface area (Å²) in [5.74, 6) is -2.07. The molecule has 0 saturated carbocycles. The molecule has 7 heteroatoms. The molecular formula is C13H14F3NO3. The number of nitrogens with zero attached hydrogens (tertiary/aromatic N) is 1. The molecule has 1 aromatic carbocycles. The Morgan fingerprint density at radius 1 is 1.40 bits per heavy atom. The Morgan fingerprint density at radius 2 is 2.00 bits per heavy atom. The molecule has 0 radical (unpaired) electrons. The Labute approximate surface area is 115 Å². The molecule has 1 atom stereocenters. The summed E-state index contributed by atoms with van der Waals surface area (Å²) in [6.45, 7) is 0.218. The largest absolute Gasteiger partial charge is 0.481 e. The molecule has 4 nitrogen and oxygen atoms in total. The van der Waals surface area contributed by atoms with Crippen LogP contribution in [0, 0.1) is 5.92 Å². The molecule has 1 saturated heterocycles. The van der Waals surface area contributed by atoms with E-state index in [-0.39, 0.29) is 25.4 Å². The van der Waals surface area contributed by atoms with Crippen LogP contribution in [0.2, 0.25) is 0 Å². The van der Waals surface area contributed by atoms with Crippen LogP contribution in [0.1, 0.15) is 20.5 Å². The summed E-state index contributed by atoms with van der Waals surface area (Å²) in [5.41, 5.74) is -0.213. The quantitative estimate of drug-likeness (QED) is 0.931. The maximum atomic E-state index is 12.4. The molecule has 110 valence electrons. The Kier molecular flexibility index (Phi) is 3.33. The highest BCUT2D eigenvalue weighted by molar-refractivity contribution is 5.86. The Balaban J connectivity index is 0.00000116. The number of likely N-dealkylation sites (tertiary alicyclic amines) is 1. The van der Waals surface area contributed by atoms with Crippen molar-refractivity contribution in [2.75, 3.05) is 6.54 Å². The molecular weight excluding hydrogens is 275 g/mol. The number of carboxylic acids is 1. The average molecular weight is 293 g/mol. The topological polar surface area (TPSA) is 57.6 Å². The van der Waals surface area contributed by atoms with Gasteiger partial charge < -0.3 is 10.0 Å². The maximum Gasteiger partial charge on any atom is 0.416 e. The monoisotopic (exact) mass is 293 g/mol. The van der Waals surface area contributed by atoms with Gasteiger partial charge in [0.25, 0.3) is 0 Å². The fourth-order valence-corrected chi connectivity index (χ4v) is 2.11. The van der Waals surface area contributed by atoms with Crippen LogP contribution in [0.5, 0.6) is 0 Å². The molecule has 1 aromatic rings. The van der Waals surface area contributed by atoms with Gasteiger partial charge in [-0.2, -0.15) is 13.2 Å². The fourth-order valence-electron chi connectivity index (χ4n) is 2.11. The fraction of sp³-hybridized carbons (Fsp3) is 0.385. The van der Waals surface area contributed by atoms with Crippen molar-refractivity contribution in [1.29, 1.82) is 0 Å². The van der Waals surface area contributed by atoms with Crippen LogP contribution in [-0.2, 0) is 22.3 Å². The van der Waals surface area contributed by atoms with Gasteiger partial charge in [0.2, 0.25) is 5.91 Å². The molecule has 1 aliphatic rings. The van der Waals surface area contributed by atoms with E-state index in [1.54, 1.807) is 0 Å². The Hall–Kier alpha value is -2.05. The van der Waals surface area contributed by atoms with Crippen molar-refractivity contribution in [3.63, 3.8) is 0 Å². The molecule has 1 heterocycles. The summed E-state index contributed by atoms with van der Waals surface area (Å²) in [4.78, 5) is 23.7. The molecule has 1 amide bonds. The summed E-state index contributed by atoms with van der Waals surface area (Å²) in [7, 11) is 0. The minimum Gasteiger partial charge on any atom is -0.481 e. The van der Waals surface area contributed by atoms with Gasteiger partial charge >= 0.3 is 12.1 Å². The molecule has 2 rings (SSSR count). The van der Waals surface area contributed by atoms with E-state index in [2.05, 4.69) is 0 Å². The lowest BCUT2D eigenvalue weighted by Crippen LogP contribution is -2.25. The Bertz CT molecular complexity index is 534. The van der Waals surface area contributed by atoms with Crippen molar-refractivity contribution in [1.82, 2.24) is 4.90 Å². The summed E-state index contributed by atoms with van der Waals surface area (Å²) in [5, 5.41) is 8.84. The molecule has 0 aliphatic carbocycles. The highest BCUT2D eigenvalue weighted by Crippen LogP contribution is 2.29. The first-order valence-corrected chi connectivity index (χ1v) is 5.94. The number of carboxylic acid groups (broad SMARTS) is 1. The third kappa shape index (κ3) is 3.09. The first kappa shape index (κ1) is 13.0. The second-order valence-corrected chi connectivity index (χ2v) is 4.71. The van der Waals surface area contributed by atoms with Gasteiger partial charge in [0.05, 0.1) is 11.5 Å². The van der Waals surface area contributed by atoms with Gasteiger partial charge in [0.15, 0.2) is 0 Å². The van der Waals surface area contributed by atoms with E-state index in [0.717, 1.165) is 12.1 Å². The lowest BCUT2D eigenvalue weighted by molar-refractivity contribution is -0.141. The number of carbonyl (C=O) groups is 2. The summed E-state index contributed by atoms with van der Waals surface area (Å²) >= 11 is 0. The first-order chi connectivity index (χ1) is 10.3. The number of carbonyl (C=O) groups excluding carboxylic acids is 1. The Morgan fingerprint density at radius 3 is 2.45 bits per heavy atom. The second kappa shape index (κ2) is 5.15. The molecule has 0 spiro atoms. The van der Waals surface area contributed by atoms with E-state index < -0.39 is 23.6 Å². The van der Waals surface area contributed by atoms with Gasteiger partial charge in [-0.3, -0.25) is 9.59 Å². The van der Waals surface area contributed by atoms with Crippen LogP contribution >= 0.6 is 0 Å². The van der Waals surface area contributed by atoms with Gasteiger partial charge in [0, 0.05) is 22.5 Å². The number of amides is 1. The SMILES string of the molecule is O=C(O)C1CC(=O)N(Cc2ccc(C(F)(F)F)cc2)C1.[3H][3H]. The minimum absolute atomic E-state index is 0.0596. The third-order valence-electron chi connectivity index (χ3n) is 3.22. The highest BCUT2D eigenvalue weighted by Gasteiger charge is 2.34. The van der Waals surface area contributed by atoms with Crippen molar-refractivity contribution < 1.29 is 30.8 Å². The van der Waals surface area contributed by atoms with Gasteiger partial charge in [0.1, 0.15) is 0 Å². The van der Waals surface area contributed by atoms with Crippen LogP contribution < -0.4 is 0 Å². The van der Waals surface area contributed by atoms with Gasteiger partial charge in [-0.1, -0.05) is 12.1 Å². The van der Waals surface area contributed by atoms with E-state index in [9.17, 15) is 22.8 Å². The van der Waals surface area contributed by atoms with Gasteiger partial charge in [-0.05, 0) is 17.7 Å². The number of benzene rings is 1. The highest BCUT2D eigenvalue weighted by atomic mass is 19.4. The van der Waals surface area contributed by atoms with Crippen molar-refractivity contribution in [3.05, 3.63) is 35.4 Å². The van der Waals surface area contributed by atoms with Crippen molar-refractivity contribution in [3.8, 4) is 0 Å². The van der Waals surface area contributed by atoms with E-state index in [4.69, 9.17) is 8.08 Å².